The van der Waals surface area contributed by atoms with Crippen molar-refractivity contribution >= 4 is 5.91 Å². The normalized spacial score (nSPS) is 10.6. The summed E-state index contributed by atoms with van der Waals surface area (Å²) in [5.41, 5.74) is 1.09. The maximum atomic E-state index is 11.7. The van der Waals surface area contributed by atoms with Gasteiger partial charge in [0, 0.05) is 5.54 Å². The minimum absolute atomic E-state index is 0.0600. The van der Waals surface area contributed by atoms with E-state index in [1.54, 1.807) is 18.2 Å². The Bertz CT molecular complexity index is 424. The van der Waals surface area contributed by atoms with E-state index in [1.165, 1.54) is 0 Å². The molecule has 0 spiro atoms. The first kappa shape index (κ1) is 12.3. The Balaban J connectivity index is 2.75. The predicted octanol–water partition coefficient (Wildman–Crippen LogP) is 2.02. The Kier molecular flexibility index (Phi) is 3.68. The standard InChI is InChI=1S/C13H16N2O/c1-13(2,3)15-12(16)8-10-6-4-5-7-11(10)9-14/h4-7H,8H2,1-3H3,(H,15,16). The van der Waals surface area contributed by atoms with Crippen molar-refractivity contribution in [3.8, 4) is 6.07 Å². The molecule has 0 saturated heterocycles. The minimum atomic E-state index is -0.237. The van der Waals surface area contributed by atoms with Crippen LogP contribution in [0.15, 0.2) is 24.3 Å². The molecule has 0 saturated carbocycles. The fourth-order valence-corrected chi connectivity index (χ4v) is 1.42. The Morgan fingerprint density at radius 3 is 2.56 bits per heavy atom. The van der Waals surface area contributed by atoms with Crippen LogP contribution in [0.1, 0.15) is 31.9 Å². The van der Waals surface area contributed by atoms with Crippen LogP contribution in [0.2, 0.25) is 0 Å². The van der Waals surface area contributed by atoms with Gasteiger partial charge in [-0.2, -0.15) is 5.26 Å². The maximum absolute atomic E-state index is 11.7. The Morgan fingerprint density at radius 1 is 1.38 bits per heavy atom. The first-order valence-corrected chi connectivity index (χ1v) is 5.21. The maximum Gasteiger partial charge on any atom is 0.224 e. The molecule has 0 heterocycles. The summed E-state index contributed by atoms with van der Waals surface area (Å²) < 4.78 is 0. The lowest BCUT2D eigenvalue weighted by molar-refractivity contribution is -0.121. The van der Waals surface area contributed by atoms with Crippen molar-refractivity contribution in [1.29, 1.82) is 5.26 Å². The van der Waals surface area contributed by atoms with Crippen LogP contribution >= 0.6 is 0 Å². The number of benzene rings is 1. The summed E-state index contributed by atoms with van der Waals surface area (Å²) in [5, 5.41) is 11.8. The number of hydrogen-bond donors (Lipinski definition) is 1. The molecule has 1 aromatic rings. The van der Waals surface area contributed by atoms with Gasteiger partial charge >= 0.3 is 0 Å². The Labute approximate surface area is 96.1 Å². The molecule has 3 nitrogen and oxygen atoms in total. The van der Waals surface area contributed by atoms with Gasteiger partial charge in [-0.15, -0.1) is 0 Å². The first-order chi connectivity index (χ1) is 7.42. The highest BCUT2D eigenvalue weighted by Crippen LogP contribution is 2.09. The van der Waals surface area contributed by atoms with Gasteiger partial charge < -0.3 is 5.32 Å². The van der Waals surface area contributed by atoms with E-state index in [2.05, 4.69) is 11.4 Å². The zero-order valence-corrected chi connectivity index (χ0v) is 9.87. The second-order valence-electron chi connectivity index (χ2n) is 4.74. The van der Waals surface area contributed by atoms with Crippen molar-refractivity contribution in [1.82, 2.24) is 5.32 Å². The van der Waals surface area contributed by atoms with E-state index in [0.717, 1.165) is 5.56 Å². The van der Waals surface area contributed by atoms with Crippen molar-refractivity contribution in [2.45, 2.75) is 32.7 Å². The summed E-state index contributed by atoms with van der Waals surface area (Å²) in [5.74, 6) is -0.0600. The third-order valence-electron chi connectivity index (χ3n) is 2.00. The topological polar surface area (TPSA) is 52.9 Å². The van der Waals surface area contributed by atoms with Gasteiger partial charge in [-0.05, 0) is 32.4 Å². The second-order valence-corrected chi connectivity index (χ2v) is 4.74. The van der Waals surface area contributed by atoms with Gasteiger partial charge in [0.2, 0.25) is 5.91 Å². The molecule has 0 bridgehead atoms. The molecule has 16 heavy (non-hydrogen) atoms. The van der Waals surface area contributed by atoms with E-state index in [1.807, 2.05) is 26.8 Å². The summed E-state index contributed by atoms with van der Waals surface area (Å²) in [6.07, 6.45) is 0.251. The number of amides is 1. The fourth-order valence-electron chi connectivity index (χ4n) is 1.42. The molecule has 0 aliphatic rings. The van der Waals surface area contributed by atoms with Crippen LogP contribution in [0.5, 0.6) is 0 Å². The summed E-state index contributed by atoms with van der Waals surface area (Å²) in [6.45, 7) is 5.79. The third-order valence-corrected chi connectivity index (χ3v) is 2.00. The molecule has 1 rings (SSSR count). The lowest BCUT2D eigenvalue weighted by atomic mass is 10.0. The molecule has 1 N–H and O–H groups in total. The third kappa shape index (κ3) is 3.74. The Morgan fingerprint density at radius 2 is 2.00 bits per heavy atom. The molecule has 1 aromatic carbocycles. The lowest BCUT2D eigenvalue weighted by Gasteiger charge is -2.20. The van der Waals surface area contributed by atoms with E-state index in [-0.39, 0.29) is 17.9 Å². The van der Waals surface area contributed by atoms with Crippen LogP contribution in [0.4, 0.5) is 0 Å². The van der Waals surface area contributed by atoms with Gasteiger partial charge in [0.15, 0.2) is 0 Å². The van der Waals surface area contributed by atoms with Gasteiger partial charge in [-0.1, -0.05) is 18.2 Å². The highest BCUT2D eigenvalue weighted by molar-refractivity contribution is 5.79. The molecule has 3 heteroatoms. The minimum Gasteiger partial charge on any atom is -0.351 e. The van der Waals surface area contributed by atoms with E-state index in [9.17, 15) is 4.79 Å². The van der Waals surface area contributed by atoms with Crippen molar-refractivity contribution in [3.63, 3.8) is 0 Å². The number of carbonyl (C=O) groups excluding carboxylic acids is 1. The van der Waals surface area contributed by atoms with Crippen molar-refractivity contribution in [2.75, 3.05) is 0 Å². The summed E-state index contributed by atoms with van der Waals surface area (Å²) >= 11 is 0. The van der Waals surface area contributed by atoms with E-state index in [0.29, 0.717) is 5.56 Å². The number of hydrogen-bond acceptors (Lipinski definition) is 2. The van der Waals surface area contributed by atoms with Crippen LogP contribution < -0.4 is 5.32 Å². The van der Waals surface area contributed by atoms with Crippen LogP contribution in [0.3, 0.4) is 0 Å². The molecule has 0 atom stereocenters. The van der Waals surface area contributed by atoms with Crippen LogP contribution in [0, 0.1) is 11.3 Å². The number of rotatable bonds is 2. The molecule has 0 unspecified atom stereocenters. The number of nitrogens with one attached hydrogen (secondary N) is 1. The van der Waals surface area contributed by atoms with Gasteiger partial charge in [-0.25, -0.2) is 0 Å². The SMILES string of the molecule is CC(C)(C)NC(=O)Cc1ccccc1C#N. The summed E-state index contributed by atoms with van der Waals surface area (Å²) in [4.78, 5) is 11.7. The van der Waals surface area contributed by atoms with Crippen LogP contribution in [0.25, 0.3) is 0 Å². The lowest BCUT2D eigenvalue weighted by Crippen LogP contribution is -2.41. The van der Waals surface area contributed by atoms with E-state index >= 15 is 0 Å². The van der Waals surface area contributed by atoms with Crippen molar-refractivity contribution in [3.05, 3.63) is 35.4 Å². The summed E-state index contributed by atoms with van der Waals surface area (Å²) in [7, 11) is 0. The highest BCUT2D eigenvalue weighted by Gasteiger charge is 2.14. The molecule has 0 aromatic heterocycles. The van der Waals surface area contributed by atoms with Crippen molar-refractivity contribution in [2.24, 2.45) is 0 Å². The summed E-state index contributed by atoms with van der Waals surface area (Å²) in [6, 6.07) is 9.24. The molecule has 0 aliphatic heterocycles. The molecular formula is C13H16N2O. The predicted molar refractivity (Wildman–Crippen MR) is 62.8 cm³/mol. The van der Waals surface area contributed by atoms with Crippen LogP contribution in [-0.4, -0.2) is 11.4 Å². The van der Waals surface area contributed by atoms with Crippen LogP contribution in [-0.2, 0) is 11.2 Å². The second kappa shape index (κ2) is 4.80. The number of nitrogens with zero attached hydrogens (tertiary/aromatic N) is 1. The van der Waals surface area contributed by atoms with Gasteiger partial charge in [0.25, 0.3) is 0 Å². The molecule has 1 amide bonds. The monoisotopic (exact) mass is 216 g/mol. The van der Waals surface area contributed by atoms with Gasteiger partial charge in [-0.3, -0.25) is 4.79 Å². The zero-order chi connectivity index (χ0) is 12.2. The van der Waals surface area contributed by atoms with Gasteiger partial charge in [0.1, 0.15) is 0 Å². The Hall–Kier alpha value is -1.82. The first-order valence-electron chi connectivity index (χ1n) is 5.21. The zero-order valence-electron chi connectivity index (χ0n) is 9.87. The van der Waals surface area contributed by atoms with Crippen molar-refractivity contribution < 1.29 is 4.79 Å². The fraction of sp³-hybridized carbons (Fsp3) is 0.385. The molecule has 84 valence electrons. The molecular weight excluding hydrogens is 200 g/mol. The van der Waals surface area contributed by atoms with Gasteiger partial charge in [0.05, 0.1) is 18.1 Å². The average Bonchev–Trinajstić information content (AvgIpc) is 2.15. The molecule has 0 radical (unpaired) electrons. The number of nitriles is 1. The molecule has 0 fully saturated rings. The average molecular weight is 216 g/mol. The number of carbonyl (C=O) groups is 1. The van der Waals surface area contributed by atoms with E-state index in [4.69, 9.17) is 5.26 Å². The largest absolute Gasteiger partial charge is 0.351 e. The van der Waals surface area contributed by atoms with E-state index < -0.39 is 0 Å². The smallest absolute Gasteiger partial charge is 0.224 e. The highest BCUT2D eigenvalue weighted by atomic mass is 16.1. The molecule has 0 aliphatic carbocycles. The quantitative estimate of drug-likeness (QED) is 0.822.